The summed E-state index contributed by atoms with van der Waals surface area (Å²) in [4.78, 5) is 66.5. The third-order valence-corrected chi connectivity index (χ3v) is 5.81. The number of hydrogen-bond acceptors (Lipinski definition) is 9. The van der Waals surface area contributed by atoms with Crippen LogP contribution in [-0.2, 0) is 35.2 Å². The summed E-state index contributed by atoms with van der Waals surface area (Å²) in [5.74, 6) is -2.12. The molecule has 0 fully saturated rings. The summed E-state index contributed by atoms with van der Waals surface area (Å²) in [5, 5.41) is 5.34. The lowest BCUT2D eigenvalue weighted by Gasteiger charge is -2.27. The minimum atomic E-state index is -1.03. The van der Waals surface area contributed by atoms with E-state index < -0.39 is 53.3 Å². The van der Waals surface area contributed by atoms with Crippen molar-refractivity contribution in [1.82, 2.24) is 15.5 Å². The molecule has 0 heterocycles. The van der Waals surface area contributed by atoms with Crippen LogP contribution in [0.5, 0.6) is 0 Å². The number of alkyl carbamates (subject to hydrolysis) is 1. The maximum absolute atomic E-state index is 13.0. The smallest absolute Gasteiger partial charge is 0.417 e. The quantitative estimate of drug-likeness (QED) is 0.0773. The van der Waals surface area contributed by atoms with Crippen LogP contribution >= 0.6 is 0 Å². The van der Waals surface area contributed by atoms with E-state index in [1.807, 2.05) is 30.3 Å². The molecular weight excluding hydrogens is 584 g/mol. The van der Waals surface area contributed by atoms with Crippen LogP contribution in [0.2, 0.25) is 0 Å². The predicted octanol–water partition coefficient (Wildman–Crippen LogP) is 3.12. The van der Waals surface area contributed by atoms with Gasteiger partial charge in [0.15, 0.2) is 0 Å². The Bertz CT molecular complexity index is 1160. The molecule has 45 heavy (non-hydrogen) atoms. The maximum atomic E-state index is 13.0. The van der Waals surface area contributed by atoms with Crippen LogP contribution in [0.25, 0.3) is 0 Å². The Balaban J connectivity index is 2.68. The van der Waals surface area contributed by atoms with Crippen LogP contribution < -0.4 is 22.1 Å². The van der Waals surface area contributed by atoms with Gasteiger partial charge >= 0.3 is 18.2 Å². The molecule has 0 aliphatic rings. The second-order valence-corrected chi connectivity index (χ2v) is 12.4. The number of guanidine groups is 1. The van der Waals surface area contributed by atoms with Crippen molar-refractivity contribution < 1.29 is 38.2 Å². The molecule has 0 unspecified atom stereocenters. The van der Waals surface area contributed by atoms with Crippen molar-refractivity contribution in [2.75, 3.05) is 13.1 Å². The van der Waals surface area contributed by atoms with Gasteiger partial charge in [0.05, 0.1) is 6.04 Å². The number of hydrogen-bond donors (Lipinski definition) is 4. The Kier molecular flexibility index (Phi) is 16.0. The molecule has 1 aromatic rings. The van der Waals surface area contributed by atoms with E-state index in [0.717, 1.165) is 10.5 Å². The molecule has 0 aromatic heterocycles. The summed E-state index contributed by atoms with van der Waals surface area (Å²) in [5.41, 5.74) is 11.2. The van der Waals surface area contributed by atoms with Gasteiger partial charge in [-0.2, -0.15) is 4.99 Å². The first-order chi connectivity index (χ1) is 20.9. The monoisotopic (exact) mass is 634 g/mol. The van der Waals surface area contributed by atoms with Crippen molar-refractivity contribution in [2.24, 2.45) is 16.5 Å². The SMILES string of the molecule is CC(=O)N=C(N)N(CCC[C@H](N)C(=O)N[C@@H](CCCCNC(=O)OCc1ccccc1)C(=O)OC(C)(C)C)C(=O)OC(C)(C)C. The van der Waals surface area contributed by atoms with Crippen molar-refractivity contribution in [3.63, 3.8) is 0 Å². The Morgan fingerprint density at radius 3 is 2.11 bits per heavy atom. The summed E-state index contributed by atoms with van der Waals surface area (Å²) in [7, 11) is 0. The maximum Gasteiger partial charge on any atom is 0.417 e. The second kappa shape index (κ2) is 18.6. The van der Waals surface area contributed by atoms with E-state index in [4.69, 9.17) is 25.7 Å². The number of carbonyl (C=O) groups is 5. The lowest BCUT2D eigenvalue weighted by atomic mass is 10.1. The third-order valence-electron chi connectivity index (χ3n) is 5.81. The molecule has 0 saturated heterocycles. The largest absolute Gasteiger partial charge is 0.458 e. The highest BCUT2D eigenvalue weighted by atomic mass is 16.6. The van der Waals surface area contributed by atoms with Gasteiger partial charge in [-0.3, -0.25) is 9.59 Å². The number of carbonyl (C=O) groups excluding carboxylic acids is 5. The topological polar surface area (TPSA) is 205 Å². The first kappa shape index (κ1) is 38.8. The zero-order chi connectivity index (χ0) is 34.2. The first-order valence-electron chi connectivity index (χ1n) is 15.0. The number of amides is 4. The number of nitrogens with one attached hydrogen (secondary N) is 2. The van der Waals surface area contributed by atoms with Crippen LogP contribution in [0.1, 0.15) is 86.1 Å². The third kappa shape index (κ3) is 17.6. The molecule has 1 aromatic carbocycles. The summed E-state index contributed by atoms with van der Waals surface area (Å²) < 4.78 is 16.0. The lowest BCUT2D eigenvalue weighted by Crippen LogP contribution is -2.50. The zero-order valence-electron chi connectivity index (χ0n) is 27.5. The highest BCUT2D eigenvalue weighted by Crippen LogP contribution is 2.13. The van der Waals surface area contributed by atoms with Crippen LogP contribution in [0.3, 0.4) is 0 Å². The number of aliphatic imine (C=N–C) groups is 1. The second-order valence-electron chi connectivity index (χ2n) is 12.4. The molecule has 0 radical (unpaired) electrons. The van der Waals surface area contributed by atoms with E-state index in [1.165, 1.54) is 6.92 Å². The van der Waals surface area contributed by atoms with Crippen molar-refractivity contribution in [3.8, 4) is 0 Å². The summed E-state index contributed by atoms with van der Waals surface area (Å²) in [6.45, 7) is 11.8. The number of ether oxygens (including phenoxy) is 3. The fourth-order valence-electron chi connectivity index (χ4n) is 3.78. The van der Waals surface area contributed by atoms with E-state index in [9.17, 15) is 24.0 Å². The van der Waals surface area contributed by atoms with Gasteiger partial charge in [-0.05, 0) is 79.2 Å². The fourth-order valence-corrected chi connectivity index (χ4v) is 3.78. The molecule has 0 saturated carbocycles. The van der Waals surface area contributed by atoms with Crippen LogP contribution in [0.15, 0.2) is 35.3 Å². The molecule has 14 heteroatoms. The van der Waals surface area contributed by atoms with E-state index in [-0.39, 0.29) is 38.4 Å². The van der Waals surface area contributed by atoms with Gasteiger partial charge in [0.1, 0.15) is 23.9 Å². The first-order valence-corrected chi connectivity index (χ1v) is 15.0. The van der Waals surface area contributed by atoms with Crippen molar-refractivity contribution in [1.29, 1.82) is 0 Å². The average Bonchev–Trinajstić information content (AvgIpc) is 2.91. The number of esters is 1. The number of nitrogens with two attached hydrogens (primary N) is 2. The summed E-state index contributed by atoms with van der Waals surface area (Å²) >= 11 is 0. The van der Waals surface area contributed by atoms with E-state index in [1.54, 1.807) is 41.5 Å². The van der Waals surface area contributed by atoms with Gasteiger partial charge < -0.3 is 36.3 Å². The number of benzene rings is 1. The van der Waals surface area contributed by atoms with E-state index in [0.29, 0.717) is 19.4 Å². The predicted molar refractivity (Wildman–Crippen MR) is 169 cm³/mol. The van der Waals surface area contributed by atoms with Gasteiger partial charge in [0.2, 0.25) is 17.8 Å². The fraction of sp³-hybridized carbons (Fsp3) is 0.613. The van der Waals surface area contributed by atoms with Gasteiger partial charge in [-0.1, -0.05) is 30.3 Å². The molecule has 0 aliphatic carbocycles. The van der Waals surface area contributed by atoms with Gasteiger partial charge in [-0.25, -0.2) is 19.3 Å². The Morgan fingerprint density at radius 2 is 1.53 bits per heavy atom. The molecule has 0 aliphatic heterocycles. The number of rotatable bonds is 14. The minimum Gasteiger partial charge on any atom is -0.458 e. The minimum absolute atomic E-state index is 0.0191. The Hall–Kier alpha value is -4.20. The number of nitrogens with zero attached hydrogens (tertiary/aromatic N) is 2. The Morgan fingerprint density at radius 1 is 0.911 bits per heavy atom. The Labute approximate surface area is 265 Å². The van der Waals surface area contributed by atoms with Crippen molar-refractivity contribution >= 4 is 35.9 Å². The van der Waals surface area contributed by atoms with Gasteiger partial charge in [0, 0.05) is 20.0 Å². The van der Waals surface area contributed by atoms with Gasteiger partial charge in [-0.15, -0.1) is 0 Å². The molecular formula is C31H50N6O8. The molecule has 1 rings (SSSR count). The van der Waals surface area contributed by atoms with Crippen molar-refractivity contribution in [2.45, 2.75) is 110 Å². The average molecular weight is 635 g/mol. The molecule has 6 N–H and O–H groups in total. The summed E-state index contributed by atoms with van der Waals surface area (Å²) in [6.07, 6.45) is 0.232. The molecule has 252 valence electrons. The van der Waals surface area contributed by atoms with E-state index >= 15 is 0 Å². The van der Waals surface area contributed by atoms with Crippen LogP contribution in [-0.4, -0.2) is 77.2 Å². The highest BCUT2D eigenvalue weighted by molar-refractivity contribution is 5.99. The van der Waals surface area contributed by atoms with E-state index in [2.05, 4.69) is 15.6 Å². The zero-order valence-corrected chi connectivity index (χ0v) is 27.5. The normalized spacial score (nSPS) is 13.2. The van der Waals surface area contributed by atoms with Gasteiger partial charge in [0.25, 0.3) is 0 Å². The molecule has 4 amide bonds. The highest BCUT2D eigenvalue weighted by Gasteiger charge is 2.29. The van der Waals surface area contributed by atoms with Crippen LogP contribution in [0, 0.1) is 0 Å². The lowest BCUT2D eigenvalue weighted by molar-refractivity contribution is -0.159. The molecule has 0 bridgehead atoms. The molecule has 14 nitrogen and oxygen atoms in total. The van der Waals surface area contributed by atoms with Crippen molar-refractivity contribution in [3.05, 3.63) is 35.9 Å². The molecule has 2 atom stereocenters. The summed E-state index contributed by atoms with van der Waals surface area (Å²) in [6, 6.07) is 7.29. The standard InChI is InChI=1S/C31H50N6O8/c1-21(38)35-27(33)37(29(42)45-31(5,6)7)19-13-16-23(32)25(39)36-24(26(40)44-30(2,3)4)17-11-12-18-34-28(41)43-20-22-14-9-8-10-15-22/h8-10,14-15,23-24H,11-13,16-20,32H2,1-7H3,(H,34,41)(H,36,39)(H2,33,35,38)/t23-,24-/m0/s1. The van der Waals surface area contributed by atoms with Crippen LogP contribution in [0.4, 0.5) is 9.59 Å². The molecule has 0 spiro atoms. The number of unbranched alkanes of at least 4 members (excludes halogenated alkanes) is 1.